The van der Waals surface area contributed by atoms with Crippen molar-refractivity contribution >= 4 is 78.0 Å². The Balaban J connectivity index is 1.36. The molecule has 6 aromatic carbocycles. The van der Waals surface area contributed by atoms with Crippen LogP contribution >= 0.6 is 11.3 Å². The van der Waals surface area contributed by atoms with Crippen molar-refractivity contribution in [2.75, 3.05) is 9.80 Å². The van der Waals surface area contributed by atoms with Crippen LogP contribution in [0.25, 0.3) is 21.2 Å². The van der Waals surface area contributed by atoms with Crippen LogP contribution in [0.4, 0.5) is 34.1 Å². The number of rotatable bonds is 3. The van der Waals surface area contributed by atoms with Gasteiger partial charge in [0, 0.05) is 43.2 Å². The summed E-state index contributed by atoms with van der Waals surface area (Å²) in [5, 5.41) is 1.33. The number of aryl methyl sites for hydroxylation is 1. The molecular formula is C55H57BN2S. The van der Waals surface area contributed by atoms with Crippen LogP contribution in [-0.4, -0.2) is 6.71 Å². The Kier molecular flexibility index (Phi) is 8.39. The minimum Gasteiger partial charge on any atom is -0.310 e. The molecule has 59 heavy (non-hydrogen) atoms. The molecule has 3 aliphatic rings. The molecule has 2 aliphatic heterocycles. The molecule has 0 saturated carbocycles. The molecule has 0 unspecified atom stereocenters. The molecule has 10 rings (SSSR count). The van der Waals surface area contributed by atoms with E-state index >= 15 is 0 Å². The van der Waals surface area contributed by atoms with E-state index in [1.807, 2.05) is 11.3 Å². The summed E-state index contributed by atoms with van der Waals surface area (Å²) < 4.78 is 2.77. The molecular weight excluding hydrogens is 731 g/mol. The lowest BCUT2D eigenvalue weighted by Gasteiger charge is -2.49. The van der Waals surface area contributed by atoms with Crippen molar-refractivity contribution in [1.82, 2.24) is 0 Å². The molecule has 1 aliphatic carbocycles. The quantitative estimate of drug-likeness (QED) is 0.165. The second-order valence-electron chi connectivity index (χ2n) is 21.0. The van der Waals surface area contributed by atoms with E-state index in [4.69, 9.17) is 0 Å². The largest absolute Gasteiger partial charge is 0.310 e. The van der Waals surface area contributed by atoms with E-state index < -0.39 is 0 Å². The van der Waals surface area contributed by atoms with Crippen LogP contribution in [0.15, 0.2) is 121 Å². The summed E-state index contributed by atoms with van der Waals surface area (Å²) in [5.41, 5.74) is 20.2. The van der Waals surface area contributed by atoms with Gasteiger partial charge in [-0.25, -0.2) is 0 Å². The highest BCUT2D eigenvalue weighted by Gasteiger charge is 2.49. The molecule has 2 nitrogen and oxygen atoms in total. The smallest absolute Gasteiger partial charge is 0.264 e. The van der Waals surface area contributed by atoms with Crippen LogP contribution in [0.2, 0.25) is 0 Å². The fraction of sp³-hybridized carbons (Fsp3) is 0.309. The first-order chi connectivity index (χ1) is 27.9. The average molecular weight is 789 g/mol. The minimum absolute atomic E-state index is 0.00125. The third-order valence-corrected chi connectivity index (χ3v) is 15.1. The highest BCUT2D eigenvalue weighted by atomic mass is 32.1. The molecule has 0 amide bonds. The zero-order chi connectivity index (χ0) is 41.4. The van der Waals surface area contributed by atoms with Gasteiger partial charge >= 0.3 is 0 Å². The molecule has 0 spiro atoms. The van der Waals surface area contributed by atoms with Crippen molar-refractivity contribution < 1.29 is 0 Å². The molecule has 1 aromatic heterocycles. The monoisotopic (exact) mass is 788 g/mol. The van der Waals surface area contributed by atoms with Crippen molar-refractivity contribution in [1.29, 1.82) is 0 Å². The van der Waals surface area contributed by atoms with Crippen LogP contribution in [0, 0.1) is 6.92 Å². The Labute approximate surface area is 357 Å². The van der Waals surface area contributed by atoms with E-state index in [0.29, 0.717) is 0 Å². The Morgan fingerprint density at radius 1 is 0.593 bits per heavy atom. The number of hydrogen-bond acceptors (Lipinski definition) is 3. The maximum Gasteiger partial charge on any atom is 0.264 e. The van der Waals surface area contributed by atoms with Gasteiger partial charge in [0.15, 0.2) is 0 Å². The van der Waals surface area contributed by atoms with Crippen LogP contribution in [0.3, 0.4) is 0 Å². The molecule has 0 bridgehead atoms. The molecule has 296 valence electrons. The molecule has 0 atom stereocenters. The third kappa shape index (κ3) is 5.87. The second kappa shape index (κ2) is 13.0. The number of anilines is 6. The summed E-state index contributed by atoms with van der Waals surface area (Å²) in [4.78, 5) is 5.34. The zero-order valence-electron chi connectivity index (χ0n) is 36.8. The normalized spacial score (nSPS) is 16.4. The summed E-state index contributed by atoms with van der Waals surface area (Å²) in [5.74, 6) is 0. The molecule has 0 saturated heterocycles. The topological polar surface area (TPSA) is 6.48 Å². The summed E-state index contributed by atoms with van der Waals surface area (Å²) in [6.07, 6.45) is 2.32. The summed E-state index contributed by atoms with van der Waals surface area (Å²) in [6.45, 7) is 26.3. The van der Waals surface area contributed by atoms with E-state index in [2.05, 4.69) is 207 Å². The third-order valence-electron chi connectivity index (χ3n) is 13.8. The first-order valence-electron chi connectivity index (χ1n) is 21.7. The number of nitrogens with zero attached hydrogens (tertiary/aromatic N) is 2. The predicted octanol–water partition coefficient (Wildman–Crippen LogP) is 13.9. The first-order valence-corrected chi connectivity index (χ1v) is 22.5. The van der Waals surface area contributed by atoms with Gasteiger partial charge in [0.05, 0.1) is 11.4 Å². The van der Waals surface area contributed by atoms with Gasteiger partial charge in [0.1, 0.15) is 0 Å². The van der Waals surface area contributed by atoms with E-state index in [0.717, 1.165) is 6.42 Å². The maximum atomic E-state index is 2.73. The van der Waals surface area contributed by atoms with Crippen LogP contribution < -0.4 is 25.5 Å². The van der Waals surface area contributed by atoms with Crippen molar-refractivity contribution in [3.63, 3.8) is 0 Å². The van der Waals surface area contributed by atoms with Crippen molar-refractivity contribution in [2.24, 2.45) is 0 Å². The zero-order valence-corrected chi connectivity index (χ0v) is 37.7. The van der Waals surface area contributed by atoms with Crippen LogP contribution in [-0.2, 0) is 21.7 Å². The van der Waals surface area contributed by atoms with E-state index in [-0.39, 0.29) is 28.4 Å². The molecule has 4 heteroatoms. The lowest BCUT2D eigenvalue weighted by atomic mass is 9.35. The fourth-order valence-corrected chi connectivity index (χ4v) is 11.8. The number of hydrogen-bond donors (Lipinski definition) is 0. The highest BCUT2D eigenvalue weighted by molar-refractivity contribution is 7.33. The second-order valence-corrected chi connectivity index (χ2v) is 22.1. The molecule has 3 heterocycles. The lowest BCUT2D eigenvalue weighted by molar-refractivity contribution is 0.333. The minimum atomic E-state index is -0.0185. The van der Waals surface area contributed by atoms with Crippen molar-refractivity contribution in [3.05, 3.63) is 149 Å². The SMILES string of the molecule is Cc1cc2c3c(c1)N(c1ccc(C(C)(C)C)cc1)c1c(sc4ccccc14)B3c1ccc3c(c1N2c1ccc(C(C)(C)C)cc1-c1ccccc1)C(C)(C)CCC3(C)C. The maximum absolute atomic E-state index is 2.73. The summed E-state index contributed by atoms with van der Waals surface area (Å²) in [6, 6.07) is 47.0. The van der Waals surface area contributed by atoms with Gasteiger partial charge < -0.3 is 9.80 Å². The van der Waals surface area contributed by atoms with E-state index in [1.54, 1.807) is 0 Å². The van der Waals surface area contributed by atoms with Crippen LogP contribution in [0.1, 0.15) is 110 Å². The predicted molar refractivity (Wildman–Crippen MR) is 259 cm³/mol. The standard InChI is InChI=1S/C55H57BN2S/c1-34-31-44-48-45(32-34)58(43-28-23-37(53(5,6)7)33-40(43)35-17-13-12-14-18-35)50-42(27-26-41-47(50)55(10,11)30-29-54(41,8)9)56(48)51-49(39-19-15-16-20-46(39)59-51)57(44)38-24-21-36(22-25-38)52(2,3)4/h12-28,31-33H,29-30H2,1-11H3. The molecule has 0 N–H and O–H groups in total. The van der Waals surface area contributed by atoms with Crippen LogP contribution in [0.5, 0.6) is 0 Å². The van der Waals surface area contributed by atoms with Gasteiger partial charge in [-0.05, 0) is 128 Å². The highest BCUT2D eigenvalue weighted by Crippen LogP contribution is 2.55. The fourth-order valence-electron chi connectivity index (χ4n) is 10.5. The number of benzene rings is 6. The summed E-state index contributed by atoms with van der Waals surface area (Å²) in [7, 11) is 0. The molecule has 0 fully saturated rings. The van der Waals surface area contributed by atoms with Gasteiger partial charge in [0.2, 0.25) is 0 Å². The first kappa shape index (κ1) is 38.2. The molecule has 7 aromatic rings. The van der Waals surface area contributed by atoms with Gasteiger partial charge in [0.25, 0.3) is 6.71 Å². The molecule has 0 radical (unpaired) electrons. The Morgan fingerprint density at radius 3 is 1.92 bits per heavy atom. The van der Waals surface area contributed by atoms with Gasteiger partial charge in [-0.3, -0.25) is 0 Å². The Morgan fingerprint density at radius 2 is 1.22 bits per heavy atom. The number of fused-ring (bicyclic) bond motifs is 8. The Bertz CT molecular complexity index is 2810. The van der Waals surface area contributed by atoms with Gasteiger partial charge in [-0.1, -0.05) is 148 Å². The van der Waals surface area contributed by atoms with Crippen molar-refractivity contribution in [2.45, 2.75) is 111 Å². The lowest BCUT2D eigenvalue weighted by Crippen LogP contribution is -2.61. The van der Waals surface area contributed by atoms with E-state index in [1.165, 1.54) is 105 Å². The van der Waals surface area contributed by atoms with E-state index in [9.17, 15) is 0 Å². The summed E-state index contributed by atoms with van der Waals surface area (Å²) >= 11 is 1.99. The number of thiophene rings is 1. The van der Waals surface area contributed by atoms with Crippen molar-refractivity contribution in [3.8, 4) is 11.1 Å². The Hall–Kier alpha value is -5.06. The van der Waals surface area contributed by atoms with Gasteiger partial charge in [-0.2, -0.15) is 0 Å². The average Bonchev–Trinajstić information content (AvgIpc) is 3.58. The van der Waals surface area contributed by atoms with Gasteiger partial charge in [-0.15, -0.1) is 11.3 Å².